The molecule has 1 saturated heterocycles. The van der Waals surface area contributed by atoms with E-state index in [1.807, 2.05) is 0 Å². The van der Waals surface area contributed by atoms with Crippen molar-refractivity contribution in [1.29, 1.82) is 0 Å². The number of nitrogens with one attached hydrogen (secondary N) is 1. The molecule has 3 atom stereocenters. The van der Waals surface area contributed by atoms with Gasteiger partial charge in [0.15, 0.2) is 0 Å². The molecule has 1 N–H and O–H groups in total. The van der Waals surface area contributed by atoms with Gasteiger partial charge in [-0.3, -0.25) is 8.98 Å². The Morgan fingerprint density at radius 2 is 1.87 bits per heavy atom. The molecule has 8 nitrogen and oxygen atoms in total. The summed E-state index contributed by atoms with van der Waals surface area (Å²) in [7, 11) is -5.83. The van der Waals surface area contributed by atoms with E-state index < -0.39 is 32.3 Å². The average Bonchev–Trinajstić information content (AvgIpc) is 2.73. The lowest BCUT2D eigenvalue weighted by Crippen LogP contribution is -2.46. The number of sulfonamides is 1. The lowest BCUT2D eigenvalue weighted by molar-refractivity contribution is -0.140. The number of hydrogen-bond acceptors (Lipinski definition) is 8. The van der Waals surface area contributed by atoms with E-state index in [9.17, 15) is 21.6 Å². The van der Waals surface area contributed by atoms with Gasteiger partial charge in [0.05, 0.1) is 25.7 Å². The first kappa shape index (κ1) is 20.7. The minimum Gasteiger partial charge on any atom is -0.469 e. The maximum atomic E-state index is 11.4. The van der Waals surface area contributed by atoms with Crippen molar-refractivity contribution in [2.75, 3.05) is 25.4 Å². The number of methoxy groups -OCH3 is 1. The fourth-order valence-electron chi connectivity index (χ4n) is 2.35. The molecule has 136 valence electrons. The Balaban J connectivity index is 2.64. The predicted octanol–water partition coefficient (Wildman–Crippen LogP) is 0.0978. The molecule has 1 aliphatic rings. The molecular formula is C12H23NO7S3. The zero-order chi connectivity index (χ0) is 17.7. The highest BCUT2D eigenvalue weighted by Crippen LogP contribution is 2.34. The molecule has 0 unspecified atom stereocenters. The third kappa shape index (κ3) is 8.34. The van der Waals surface area contributed by atoms with Crippen molar-refractivity contribution in [2.24, 2.45) is 0 Å². The minimum atomic E-state index is -3.70. The van der Waals surface area contributed by atoms with E-state index in [0.29, 0.717) is 31.4 Å². The molecule has 0 saturated carbocycles. The summed E-state index contributed by atoms with van der Waals surface area (Å²) in [5.74, 6) is 0.152. The molecule has 0 spiro atoms. The van der Waals surface area contributed by atoms with Gasteiger partial charge < -0.3 is 4.74 Å². The summed E-state index contributed by atoms with van der Waals surface area (Å²) in [6, 6.07) is -0.588. The summed E-state index contributed by atoms with van der Waals surface area (Å²) in [4.78, 5) is 11.1. The number of carbonyl (C=O) groups excluding carboxylic acids is 1. The first-order valence-corrected chi connectivity index (χ1v) is 11.8. The predicted molar refractivity (Wildman–Crippen MR) is 88.2 cm³/mol. The number of esters is 1. The van der Waals surface area contributed by atoms with Gasteiger partial charge in [0, 0.05) is 17.4 Å². The van der Waals surface area contributed by atoms with Crippen molar-refractivity contribution in [3.05, 3.63) is 0 Å². The Hall–Kier alpha value is -0.360. The van der Waals surface area contributed by atoms with E-state index in [1.54, 1.807) is 0 Å². The van der Waals surface area contributed by atoms with Crippen LogP contribution in [0.25, 0.3) is 0 Å². The van der Waals surface area contributed by atoms with E-state index in [1.165, 1.54) is 18.9 Å². The summed E-state index contributed by atoms with van der Waals surface area (Å²) in [6.45, 7) is 0. The van der Waals surface area contributed by atoms with Gasteiger partial charge >= 0.3 is 5.97 Å². The standard InChI is InChI=1S/C12H23NO7S3/c1-19-11(14)7-5-4-6-10-12(20-23(3,17)18)9(8-21-10)13-22(2,15)16/h9-10,12-13H,4-8H2,1-3H3/t9-,10+,12-/m0/s1. The van der Waals surface area contributed by atoms with E-state index in [4.69, 9.17) is 4.18 Å². The minimum absolute atomic E-state index is 0.151. The second-order valence-electron chi connectivity index (χ2n) is 5.46. The lowest BCUT2D eigenvalue weighted by Gasteiger charge is -2.23. The molecule has 0 radical (unpaired) electrons. The maximum Gasteiger partial charge on any atom is 0.305 e. The van der Waals surface area contributed by atoms with Gasteiger partial charge in [-0.15, -0.1) is 0 Å². The third-order valence-electron chi connectivity index (χ3n) is 3.25. The molecule has 0 aromatic carbocycles. The molecule has 11 heteroatoms. The molecule has 0 aliphatic carbocycles. The van der Waals surface area contributed by atoms with Crippen molar-refractivity contribution in [3.8, 4) is 0 Å². The summed E-state index contributed by atoms with van der Waals surface area (Å²) in [5, 5.41) is -0.151. The van der Waals surface area contributed by atoms with Crippen LogP contribution in [0.5, 0.6) is 0 Å². The van der Waals surface area contributed by atoms with Crippen LogP contribution in [0.4, 0.5) is 0 Å². The lowest BCUT2D eigenvalue weighted by atomic mass is 10.0. The van der Waals surface area contributed by atoms with Crippen LogP contribution in [0.15, 0.2) is 0 Å². The fourth-order valence-corrected chi connectivity index (χ4v) is 5.46. The Morgan fingerprint density at radius 3 is 2.39 bits per heavy atom. The van der Waals surface area contributed by atoms with Crippen LogP contribution < -0.4 is 4.72 Å². The van der Waals surface area contributed by atoms with Crippen LogP contribution in [0, 0.1) is 0 Å². The quantitative estimate of drug-likeness (QED) is 0.335. The first-order valence-electron chi connectivity index (χ1n) is 7.06. The molecule has 0 amide bonds. The van der Waals surface area contributed by atoms with Crippen LogP contribution in [-0.2, 0) is 33.9 Å². The summed E-state index contributed by atoms with van der Waals surface area (Å²) < 4.78 is 57.7. The van der Waals surface area contributed by atoms with Crippen molar-refractivity contribution >= 4 is 37.9 Å². The van der Waals surface area contributed by atoms with Gasteiger partial charge in [0.1, 0.15) is 6.10 Å². The molecule has 1 aliphatic heterocycles. The number of ether oxygens (including phenoxy) is 1. The SMILES string of the molecule is COC(=O)CCCC[C@H]1SC[C@H](NS(C)(=O)=O)[C@@H]1OS(C)(=O)=O. The monoisotopic (exact) mass is 389 g/mol. The smallest absolute Gasteiger partial charge is 0.305 e. The number of thioether (sulfide) groups is 1. The highest BCUT2D eigenvalue weighted by atomic mass is 32.2. The Bertz CT molecular complexity index is 602. The molecule has 1 heterocycles. The van der Waals surface area contributed by atoms with Crippen molar-refractivity contribution in [1.82, 2.24) is 4.72 Å². The Labute approximate surface area is 141 Å². The van der Waals surface area contributed by atoms with Crippen LogP contribution >= 0.6 is 11.8 Å². The average molecular weight is 390 g/mol. The molecule has 0 aromatic heterocycles. The third-order valence-corrected chi connectivity index (χ3v) is 6.04. The molecule has 1 rings (SSSR count). The molecule has 0 aromatic rings. The van der Waals surface area contributed by atoms with Gasteiger partial charge in [-0.2, -0.15) is 20.2 Å². The number of carbonyl (C=O) groups is 1. The number of hydrogen-bond donors (Lipinski definition) is 1. The van der Waals surface area contributed by atoms with E-state index in [0.717, 1.165) is 12.5 Å². The van der Waals surface area contributed by atoms with E-state index >= 15 is 0 Å². The van der Waals surface area contributed by atoms with Crippen molar-refractivity contribution < 1.29 is 30.6 Å². The zero-order valence-corrected chi connectivity index (χ0v) is 15.8. The highest BCUT2D eigenvalue weighted by Gasteiger charge is 2.40. The molecule has 1 fully saturated rings. The van der Waals surface area contributed by atoms with Crippen LogP contribution in [-0.4, -0.2) is 65.6 Å². The van der Waals surface area contributed by atoms with E-state index in [-0.39, 0.29) is 11.2 Å². The van der Waals surface area contributed by atoms with Gasteiger partial charge in [-0.05, 0) is 12.8 Å². The fraction of sp³-hybridized carbons (Fsp3) is 0.917. The molecule has 23 heavy (non-hydrogen) atoms. The van der Waals surface area contributed by atoms with Crippen LogP contribution in [0.2, 0.25) is 0 Å². The van der Waals surface area contributed by atoms with E-state index in [2.05, 4.69) is 9.46 Å². The molecule has 0 bridgehead atoms. The number of unbranched alkanes of at least 4 members (excludes halogenated alkanes) is 1. The number of rotatable bonds is 9. The first-order chi connectivity index (χ1) is 10.5. The Kier molecular flexibility index (Phi) is 7.78. The van der Waals surface area contributed by atoms with Gasteiger partial charge in [0.25, 0.3) is 10.1 Å². The van der Waals surface area contributed by atoms with Gasteiger partial charge in [-0.1, -0.05) is 6.42 Å². The van der Waals surface area contributed by atoms with Gasteiger partial charge in [-0.25, -0.2) is 13.1 Å². The molecular weight excluding hydrogens is 366 g/mol. The summed E-state index contributed by atoms with van der Waals surface area (Å²) in [6.07, 6.45) is 3.48. The highest BCUT2D eigenvalue weighted by molar-refractivity contribution is 8.00. The Morgan fingerprint density at radius 1 is 1.22 bits per heavy atom. The van der Waals surface area contributed by atoms with Gasteiger partial charge in [0.2, 0.25) is 10.0 Å². The summed E-state index contributed by atoms with van der Waals surface area (Å²) >= 11 is 1.47. The topological polar surface area (TPSA) is 116 Å². The second kappa shape index (κ2) is 8.65. The van der Waals surface area contributed by atoms with Crippen LogP contribution in [0.1, 0.15) is 25.7 Å². The van der Waals surface area contributed by atoms with Crippen molar-refractivity contribution in [2.45, 2.75) is 43.1 Å². The zero-order valence-electron chi connectivity index (χ0n) is 13.4. The van der Waals surface area contributed by atoms with Crippen LogP contribution in [0.3, 0.4) is 0 Å². The largest absolute Gasteiger partial charge is 0.469 e. The maximum absolute atomic E-state index is 11.4. The second-order valence-corrected chi connectivity index (χ2v) is 10.1. The normalized spacial score (nSPS) is 25.4. The van der Waals surface area contributed by atoms with Crippen molar-refractivity contribution in [3.63, 3.8) is 0 Å². The summed E-state index contributed by atoms with van der Waals surface area (Å²) in [5.41, 5.74) is 0.